The predicted molar refractivity (Wildman–Crippen MR) is 74.4 cm³/mol. The molecule has 0 spiro atoms. The number of benzene rings is 1. The van der Waals surface area contributed by atoms with Gasteiger partial charge in [0, 0.05) is 6.16 Å². The van der Waals surface area contributed by atoms with Crippen LogP contribution < -0.4 is 9.61 Å². The summed E-state index contributed by atoms with van der Waals surface area (Å²) >= 11 is 0. The molecule has 0 aromatic heterocycles. The predicted octanol–water partition coefficient (Wildman–Crippen LogP) is 2.82. The lowest BCUT2D eigenvalue weighted by Gasteiger charge is -2.22. The fourth-order valence-electron chi connectivity index (χ4n) is 1.45. The summed E-state index contributed by atoms with van der Waals surface area (Å²) in [7, 11) is -3.11. The van der Waals surface area contributed by atoms with Gasteiger partial charge in [0.25, 0.3) is 0 Å². The summed E-state index contributed by atoms with van der Waals surface area (Å²) in [5.74, 6) is 0.0732. The maximum absolute atomic E-state index is 12.5. The Balaban J connectivity index is 2.70. The second kappa shape index (κ2) is 7.31. The highest BCUT2D eigenvalue weighted by atomic mass is 31.2. The van der Waals surface area contributed by atoms with Crippen LogP contribution in [0.5, 0.6) is 5.75 Å². The van der Waals surface area contributed by atoms with Crippen molar-refractivity contribution in [2.24, 2.45) is 0 Å². The zero-order valence-corrected chi connectivity index (χ0v) is 12.4. The van der Waals surface area contributed by atoms with Crippen LogP contribution in [0.15, 0.2) is 30.3 Å². The van der Waals surface area contributed by atoms with Crippen molar-refractivity contribution in [3.05, 3.63) is 30.3 Å². The molecule has 106 valence electrons. The Labute approximate surface area is 113 Å². The summed E-state index contributed by atoms with van der Waals surface area (Å²) in [5, 5.41) is 2.73. The molecule has 1 rings (SSSR count). The van der Waals surface area contributed by atoms with E-state index in [-0.39, 0.29) is 6.16 Å². The zero-order valence-electron chi connectivity index (χ0n) is 11.5. The van der Waals surface area contributed by atoms with E-state index in [9.17, 15) is 9.36 Å². The fraction of sp³-hybridized carbons (Fsp3) is 0.462. The van der Waals surface area contributed by atoms with Gasteiger partial charge in [-0.2, -0.15) is 0 Å². The average molecular weight is 285 g/mol. The van der Waals surface area contributed by atoms with Crippen LogP contribution in [0.1, 0.15) is 20.8 Å². The average Bonchev–Trinajstić information content (AvgIpc) is 2.40. The van der Waals surface area contributed by atoms with Gasteiger partial charge in [0.15, 0.2) is 0 Å². The minimum absolute atomic E-state index is 0.283. The van der Waals surface area contributed by atoms with E-state index in [2.05, 4.69) is 5.09 Å². The van der Waals surface area contributed by atoms with Crippen molar-refractivity contribution >= 4 is 13.5 Å². The quantitative estimate of drug-likeness (QED) is 0.616. The molecular formula is C13H20NO4P. The molecule has 0 fully saturated rings. The summed E-state index contributed by atoms with van der Waals surface area (Å²) < 4.78 is 22.9. The molecule has 1 aromatic carbocycles. The van der Waals surface area contributed by atoms with Crippen LogP contribution in [-0.2, 0) is 14.1 Å². The molecule has 1 aromatic rings. The first-order valence-corrected chi connectivity index (χ1v) is 8.10. The molecule has 1 unspecified atom stereocenters. The first-order valence-electron chi connectivity index (χ1n) is 6.29. The van der Waals surface area contributed by atoms with Crippen LogP contribution in [-0.4, -0.2) is 24.8 Å². The van der Waals surface area contributed by atoms with Gasteiger partial charge in [0.1, 0.15) is 11.8 Å². The lowest BCUT2D eigenvalue weighted by Crippen LogP contribution is -2.35. The highest BCUT2D eigenvalue weighted by molar-refractivity contribution is 7.57. The van der Waals surface area contributed by atoms with E-state index in [1.165, 1.54) is 0 Å². The number of rotatable bonds is 7. The summed E-state index contributed by atoms with van der Waals surface area (Å²) in [5.41, 5.74) is 0. The van der Waals surface area contributed by atoms with Crippen LogP contribution in [0, 0.1) is 0 Å². The highest BCUT2D eigenvalue weighted by Crippen LogP contribution is 2.42. The largest absolute Gasteiger partial charge is 0.465 e. The molecule has 19 heavy (non-hydrogen) atoms. The molecule has 0 heterocycles. The van der Waals surface area contributed by atoms with Crippen molar-refractivity contribution in [1.82, 2.24) is 5.09 Å². The van der Waals surface area contributed by atoms with Crippen molar-refractivity contribution in [2.45, 2.75) is 26.8 Å². The van der Waals surface area contributed by atoms with E-state index in [1.807, 2.05) is 6.07 Å². The van der Waals surface area contributed by atoms with E-state index in [0.29, 0.717) is 12.4 Å². The normalized spacial score (nSPS) is 15.3. The van der Waals surface area contributed by atoms with Gasteiger partial charge in [-0.15, -0.1) is 0 Å². The van der Waals surface area contributed by atoms with Gasteiger partial charge in [-0.25, -0.2) is 5.09 Å². The molecule has 0 saturated carbocycles. The Morgan fingerprint density at radius 3 is 2.47 bits per heavy atom. The van der Waals surface area contributed by atoms with Crippen LogP contribution in [0.4, 0.5) is 0 Å². The molecule has 1 N–H and O–H groups in total. The van der Waals surface area contributed by atoms with E-state index < -0.39 is 19.5 Å². The van der Waals surface area contributed by atoms with Gasteiger partial charge in [-0.3, -0.25) is 9.36 Å². The summed E-state index contributed by atoms with van der Waals surface area (Å²) in [6.07, 6.45) is 0.283. The Morgan fingerprint density at radius 2 is 1.95 bits per heavy atom. The zero-order chi connectivity index (χ0) is 14.3. The van der Waals surface area contributed by atoms with E-state index in [0.717, 1.165) is 0 Å². The third kappa shape index (κ3) is 5.05. The van der Waals surface area contributed by atoms with Crippen molar-refractivity contribution in [3.63, 3.8) is 0 Å². The second-order valence-corrected chi connectivity index (χ2v) is 6.42. The molecule has 0 aliphatic carbocycles. The number of carbonyl (C=O) groups excluding carboxylic acids is 1. The SMILES string of the molecule is CCOC(=O)C(C)N[P@](=O)(CC)Oc1ccccc1. The first kappa shape index (κ1) is 15.7. The molecule has 5 nitrogen and oxygen atoms in total. The smallest absolute Gasteiger partial charge is 0.323 e. The van der Waals surface area contributed by atoms with E-state index in [4.69, 9.17) is 9.26 Å². The van der Waals surface area contributed by atoms with Crippen LogP contribution in [0.2, 0.25) is 0 Å². The third-order valence-corrected chi connectivity index (χ3v) is 4.56. The molecule has 0 aliphatic rings. The fourth-order valence-corrected chi connectivity index (χ4v) is 2.97. The number of para-hydroxylation sites is 1. The molecule has 0 saturated heterocycles. The van der Waals surface area contributed by atoms with Crippen LogP contribution in [0.25, 0.3) is 0 Å². The third-order valence-electron chi connectivity index (χ3n) is 2.44. The topological polar surface area (TPSA) is 64.6 Å². The molecule has 0 aliphatic heterocycles. The van der Waals surface area contributed by atoms with Gasteiger partial charge in [-0.05, 0) is 26.0 Å². The molecule has 0 bridgehead atoms. The van der Waals surface area contributed by atoms with Crippen molar-refractivity contribution in [3.8, 4) is 5.75 Å². The Kier molecular flexibility index (Phi) is 6.06. The second-order valence-electron chi connectivity index (χ2n) is 4.00. The molecule has 2 atom stereocenters. The van der Waals surface area contributed by atoms with E-state index in [1.54, 1.807) is 45.0 Å². The molecular weight excluding hydrogens is 265 g/mol. The van der Waals surface area contributed by atoms with Gasteiger partial charge < -0.3 is 9.26 Å². The number of nitrogens with one attached hydrogen (secondary N) is 1. The number of hydrogen-bond donors (Lipinski definition) is 1. The van der Waals surface area contributed by atoms with E-state index >= 15 is 0 Å². The summed E-state index contributed by atoms with van der Waals surface area (Å²) in [4.78, 5) is 11.5. The summed E-state index contributed by atoms with van der Waals surface area (Å²) in [6.45, 7) is 5.37. The standard InChI is InChI=1S/C13H20NO4P/c1-4-17-13(15)11(3)14-19(16,5-2)18-12-9-7-6-8-10-12/h6-11H,4-5H2,1-3H3,(H,14,16)/t11?,19-/m0/s1. The Morgan fingerprint density at radius 1 is 1.32 bits per heavy atom. The lowest BCUT2D eigenvalue weighted by molar-refractivity contribution is -0.144. The minimum atomic E-state index is -3.11. The van der Waals surface area contributed by atoms with Crippen molar-refractivity contribution < 1.29 is 18.6 Å². The Bertz CT molecular complexity index is 449. The van der Waals surface area contributed by atoms with Gasteiger partial charge in [-0.1, -0.05) is 25.1 Å². The number of ether oxygens (including phenoxy) is 1. The Hall–Kier alpha value is -1.32. The maximum atomic E-state index is 12.5. The van der Waals surface area contributed by atoms with Crippen LogP contribution >= 0.6 is 7.52 Å². The molecule has 6 heteroatoms. The lowest BCUT2D eigenvalue weighted by atomic mass is 10.3. The van der Waals surface area contributed by atoms with Crippen molar-refractivity contribution in [2.75, 3.05) is 12.8 Å². The monoisotopic (exact) mass is 285 g/mol. The number of esters is 1. The minimum Gasteiger partial charge on any atom is -0.465 e. The van der Waals surface area contributed by atoms with Gasteiger partial charge >= 0.3 is 13.5 Å². The van der Waals surface area contributed by atoms with Gasteiger partial charge in [0.05, 0.1) is 6.61 Å². The van der Waals surface area contributed by atoms with Crippen LogP contribution in [0.3, 0.4) is 0 Å². The number of carbonyl (C=O) groups is 1. The number of hydrogen-bond acceptors (Lipinski definition) is 4. The van der Waals surface area contributed by atoms with Crippen molar-refractivity contribution in [1.29, 1.82) is 0 Å². The molecule has 0 amide bonds. The first-order chi connectivity index (χ1) is 9.00. The summed E-state index contributed by atoms with van der Waals surface area (Å²) in [6, 6.07) is 8.21. The highest BCUT2D eigenvalue weighted by Gasteiger charge is 2.28. The van der Waals surface area contributed by atoms with Gasteiger partial charge in [0.2, 0.25) is 0 Å². The molecule has 0 radical (unpaired) electrons. The maximum Gasteiger partial charge on any atom is 0.323 e.